The highest BCUT2D eigenvalue weighted by atomic mass is 16.5. The summed E-state index contributed by atoms with van der Waals surface area (Å²) in [6.45, 7) is 3.15. The Labute approximate surface area is 98.4 Å². The van der Waals surface area contributed by atoms with Crippen molar-refractivity contribution in [3.05, 3.63) is 12.4 Å². The van der Waals surface area contributed by atoms with Gasteiger partial charge in [-0.15, -0.1) is 0 Å². The second kappa shape index (κ2) is 6.00. The summed E-state index contributed by atoms with van der Waals surface area (Å²) in [6, 6.07) is 0.212. The van der Waals surface area contributed by atoms with Crippen LogP contribution in [-0.2, 0) is 14.3 Å². The second-order valence-electron chi connectivity index (χ2n) is 3.74. The molecule has 1 amide bonds. The molecule has 0 radical (unpaired) electrons. The van der Waals surface area contributed by atoms with Crippen LogP contribution < -0.4 is 5.32 Å². The Kier molecular flexibility index (Phi) is 4.65. The molecule has 0 fully saturated rings. The first kappa shape index (κ1) is 13.2. The van der Waals surface area contributed by atoms with E-state index in [4.69, 9.17) is 5.11 Å². The quantitative estimate of drug-likeness (QED) is 0.756. The molecule has 2 N–H and O–H groups in total. The van der Waals surface area contributed by atoms with E-state index in [1.54, 1.807) is 10.9 Å². The van der Waals surface area contributed by atoms with Gasteiger partial charge in [0.15, 0.2) is 0 Å². The maximum absolute atomic E-state index is 11.3. The molecule has 7 heteroatoms. The van der Waals surface area contributed by atoms with E-state index in [-0.39, 0.29) is 12.6 Å². The van der Waals surface area contributed by atoms with Gasteiger partial charge in [0, 0.05) is 12.2 Å². The van der Waals surface area contributed by atoms with Crippen LogP contribution in [0, 0.1) is 0 Å². The third kappa shape index (κ3) is 4.64. The number of hydrogen-bond acceptors (Lipinski definition) is 4. The Morgan fingerprint density at radius 1 is 1.53 bits per heavy atom. The number of anilines is 1. The summed E-state index contributed by atoms with van der Waals surface area (Å²) < 4.78 is 6.35. The minimum Gasteiger partial charge on any atom is -0.480 e. The van der Waals surface area contributed by atoms with Gasteiger partial charge in [-0.25, -0.2) is 4.79 Å². The van der Waals surface area contributed by atoms with Crippen LogP contribution in [0.1, 0.15) is 19.9 Å². The molecule has 0 unspecified atom stereocenters. The lowest BCUT2D eigenvalue weighted by atomic mass is 10.4. The molecule has 17 heavy (non-hydrogen) atoms. The van der Waals surface area contributed by atoms with Crippen LogP contribution in [0.25, 0.3) is 0 Å². The van der Waals surface area contributed by atoms with Crippen molar-refractivity contribution in [2.45, 2.75) is 19.9 Å². The number of carboxylic acids is 1. The molecule has 0 bridgehead atoms. The van der Waals surface area contributed by atoms with E-state index < -0.39 is 18.5 Å². The van der Waals surface area contributed by atoms with Gasteiger partial charge in [-0.2, -0.15) is 5.10 Å². The minimum absolute atomic E-state index is 0.212. The zero-order valence-electron chi connectivity index (χ0n) is 9.71. The largest absolute Gasteiger partial charge is 0.480 e. The van der Waals surface area contributed by atoms with E-state index in [9.17, 15) is 9.59 Å². The standard InChI is InChI=1S/C10H15N3O4/c1-7(2)13-4-8(3-11-13)12-9(14)5-17-6-10(15)16/h3-4,7H,5-6H2,1-2H3,(H,12,14)(H,15,16). The molecule has 0 saturated carbocycles. The Morgan fingerprint density at radius 2 is 2.24 bits per heavy atom. The smallest absolute Gasteiger partial charge is 0.329 e. The average molecular weight is 241 g/mol. The topological polar surface area (TPSA) is 93.5 Å². The van der Waals surface area contributed by atoms with Gasteiger partial charge < -0.3 is 15.2 Å². The third-order valence-corrected chi connectivity index (χ3v) is 1.87. The zero-order chi connectivity index (χ0) is 12.8. The highest BCUT2D eigenvalue weighted by molar-refractivity contribution is 5.91. The monoisotopic (exact) mass is 241 g/mol. The molecule has 0 aliphatic rings. The first-order valence-corrected chi connectivity index (χ1v) is 5.12. The number of carbonyl (C=O) groups excluding carboxylic acids is 1. The molecule has 0 saturated heterocycles. The second-order valence-corrected chi connectivity index (χ2v) is 3.74. The Hall–Kier alpha value is -1.89. The van der Waals surface area contributed by atoms with Crippen molar-refractivity contribution in [1.82, 2.24) is 9.78 Å². The molecular formula is C10H15N3O4. The molecular weight excluding hydrogens is 226 g/mol. The van der Waals surface area contributed by atoms with Gasteiger partial charge in [0.25, 0.3) is 0 Å². The molecule has 94 valence electrons. The minimum atomic E-state index is -1.11. The van der Waals surface area contributed by atoms with E-state index in [2.05, 4.69) is 15.2 Å². The number of carbonyl (C=O) groups is 2. The molecule has 0 aromatic carbocycles. The van der Waals surface area contributed by atoms with E-state index in [0.717, 1.165) is 0 Å². The summed E-state index contributed by atoms with van der Waals surface area (Å²) in [5.41, 5.74) is 0.558. The zero-order valence-corrected chi connectivity index (χ0v) is 9.71. The van der Waals surface area contributed by atoms with E-state index in [0.29, 0.717) is 5.69 Å². The summed E-state index contributed by atoms with van der Waals surface area (Å²) in [6.07, 6.45) is 3.22. The predicted octanol–water partition coefficient (Wildman–Crippen LogP) is 0.504. The van der Waals surface area contributed by atoms with Crippen molar-refractivity contribution in [3.8, 4) is 0 Å². The fourth-order valence-electron chi connectivity index (χ4n) is 1.11. The lowest BCUT2D eigenvalue weighted by molar-refractivity contribution is -0.143. The van der Waals surface area contributed by atoms with Crippen molar-refractivity contribution >= 4 is 17.6 Å². The van der Waals surface area contributed by atoms with E-state index >= 15 is 0 Å². The van der Waals surface area contributed by atoms with Gasteiger partial charge >= 0.3 is 5.97 Å². The van der Waals surface area contributed by atoms with Crippen molar-refractivity contribution < 1.29 is 19.4 Å². The van der Waals surface area contributed by atoms with Gasteiger partial charge in [0.2, 0.25) is 5.91 Å². The number of nitrogens with one attached hydrogen (secondary N) is 1. The molecule has 0 spiro atoms. The Morgan fingerprint density at radius 3 is 2.76 bits per heavy atom. The molecule has 1 aromatic rings. The lowest BCUT2D eigenvalue weighted by Crippen LogP contribution is -2.20. The van der Waals surface area contributed by atoms with Crippen molar-refractivity contribution in [1.29, 1.82) is 0 Å². The van der Waals surface area contributed by atoms with Crippen molar-refractivity contribution in [2.24, 2.45) is 0 Å². The number of amides is 1. The molecule has 1 heterocycles. The van der Waals surface area contributed by atoms with Crippen LogP contribution in [0.2, 0.25) is 0 Å². The molecule has 1 aromatic heterocycles. The Balaban J connectivity index is 2.37. The van der Waals surface area contributed by atoms with Gasteiger partial charge in [-0.3, -0.25) is 9.48 Å². The maximum atomic E-state index is 11.3. The molecule has 1 rings (SSSR count). The first-order valence-electron chi connectivity index (χ1n) is 5.12. The maximum Gasteiger partial charge on any atom is 0.329 e. The highest BCUT2D eigenvalue weighted by Gasteiger charge is 2.07. The fraction of sp³-hybridized carbons (Fsp3) is 0.500. The number of nitrogens with zero attached hydrogens (tertiary/aromatic N) is 2. The van der Waals surface area contributed by atoms with Crippen molar-refractivity contribution in [2.75, 3.05) is 18.5 Å². The van der Waals surface area contributed by atoms with Gasteiger partial charge in [-0.05, 0) is 13.8 Å². The van der Waals surface area contributed by atoms with Crippen LogP contribution in [0.15, 0.2) is 12.4 Å². The predicted molar refractivity (Wildman–Crippen MR) is 59.7 cm³/mol. The fourth-order valence-corrected chi connectivity index (χ4v) is 1.11. The van der Waals surface area contributed by atoms with Crippen LogP contribution in [0.3, 0.4) is 0 Å². The molecule has 0 aliphatic heterocycles. The number of ether oxygens (including phenoxy) is 1. The summed E-state index contributed by atoms with van der Waals surface area (Å²) >= 11 is 0. The van der Waals surface area contributed by atoms with Gasteiger partial charge in [0.1, 0.15) is 13.2 Å². The summed E-state index contributed by atoms with van der Waals surface area (Å²) in [7, 11) is 0. The van der Waals surface area contributed by atoms with Crippen LogP contribution in [0.4, 0.5) is 5.69 Å². The molecule has 0 aliphatic carbocycles. The third-order valence-electron chi connectivity index (χ3n) is 1.87. The number of aromatic nitrogens is 2. The van der Waals surface area contributed by atoms with Crippen LogP contribution in [-0.4, -0.2) is 40.0 Å². The summed E-state index contributed by atoms with van der Waals surface area (Å²) in [5.74, 6) is -1.51. The SMILES string of the molecule is CC(C)n1cc(NC(=O)COCC(=O)O)cn1. The van der Waals surface area contributed by atoms with Crippen molar-refractivity contribution in [3.63, 3.8) is 0 Å². The number of aliphatic carboxylic acids is 1. The van der Waals surface area contributed by atoms with Gasteiger partial charge in [0.05, 0.1) is 11.9 Å². The lowest BCUT2D eigenvalue weighted by Gasteiger charge is -2.04. The highest BCUT2D eigenvalue weighted by Crippen LogP contribution is 2.09. The number of carboxylic acid groups (broad SMARTS) is 1. The van der Waals surface area contributed by atoms with Crippen LogP contribution >= 0.6 is 0 Å². The first-order chi connectivity index (χ1) is 7.99. The molecule has 7 nitrogen and oxygen atoms in total. The van der Waals surface area contributed by atoms with Gasteiger partial charge in [-0.1, -0.05) is 0 Å². The number of hydrogen-bond donors (Lipinski definition) is 2. The number of rotatable bonds is 6. The normalized spacial score (nSPS) is 10.5. The molecule has 0 atom stereocenters. The van der Waals surface area contributed by atoms with E-state index in [1.165, 1.54) is 6.20 Å². The van der Waals surface area contributed by atoms with Crippen LogP contribution in [0.5, 0.6) is 0 Å². The average Bonchev–Trinajstić information content (AvgIpc) is 2.65. The Bertz CT molecular complexity index is 400. The van der Waals surface area contributed by atoms with E-state index in [1.807, 2.05) is 13.8 Å². The summed E-state index contributed by atoms with van der Waals surface area (Å²) in [5, 5.41) is 14.9. The summed E-state index contributed by atoms with van der Waals surface area (Å²) in [4.78, 5) is 21.5.